The molecule has 5 heteroatoms. The van der Waals surface area contributed by atoms with Crippen LogP contribution >= 0.6 is 0 Å². The number of nitrogens with zero attached hydrogens (tertiary/aromatic N) is 1. The molecule has 0 aliphatic heterocycles. The fourth-order valence-electron chi connectivity index (χ4n) is 2.13. The molecule has 0 aliphatic carbocycles. The Morgan fingerprint density at radius 3 is 2.19 bits per heavy atom. The molecule has 1 amide bonds. The molecule has 0 saturated carbocycles. The zero-order valence-corrected chi connectivity index (χ0v) is 10.6. The number of hydrazine groups is 1. The first-order valence-electron chi connectivity index (χ1n) is 6.03. The molecule has 0 radical (unpaired) electrons. The molecule has 0 fully saturated rings. The Morgan fingerprint density at radius 1 is 1.31 bits per heavy atom. The molecule has 1 unspecified atom stereocenters. The predicted molar refractivity (Wildman–Crippen MR) is 64.6 cm³/mol. The molecule has 0 aromatic heterocycles. The number of hydrogen-bond donors (Lipinski definition) is 3. The van der Waals surface area contributed by atoms with Crippen LogP contribution in [0.2, 0.25) is 0 Å². The first kappa shape index (κ1) is 15.3. The van der Waals surface area contributed by atoms with Gasteiger partial charge in [-0.3, -0.25) is 15.1 Å². The van der Waals surface area contributed by atoms with Gasteiger partial charge in [-0.05, 0) is 19.3 Å². The molecule has 96 valence electrons. The molecular formula is C11H25N3O2. The lowest BCUT2D eigenvalue weighted by Crippen LogP contribution is -2.53. The number of hydrogen-bond acceptors (Lipinski definition) is 4. The minimum atomic E-state index is -0.248. The van der Waals surface area contributed by atoms with E-state index in [-0.39, 0.29) is 18.6 Å². The number of carbonyl (C=O) groups excluding carboxylic acids is 1. The average Bonchev–Trinajstić information content (AvgIpc) is 2.31. The summed E-state index contributed by atoms with van der Waals surface area (Å²) in [6.45, 7) is 6.70. The highest BCUT2D eigenvalue weighted by Crippen LogP contribution is 2.14. The monoisotopic (exact) mass is 231 g/mol. The summed E-state index contributed by atoms with van der Waals surface area (Å²) in [5.74, 6) is 5.00. The third kappa shape index (κ3) is 4.08. The summed E-state index contributed by atoms with van der Waals surface area (Å²) < 4.78 is 0. The number of aliphatic hydroxyl groups excluding tert-OH is 1. The van der Waals surface area contributed by atoms with Gasteiger partial charge in [-0.25, -0.2) is 5.84 Å². The van der Waals surface area contributed by atoms with E-state index in [1.165, 1.54) is 0 Å². The number of aliphatic hydroxyl groups is 1. The van der Waals surface area contributed by atoms with Gasteiger partial charge in [0.2, 0.25) is 0 Å². The van der Waals surface area contributed by atoms with E-state index >= 15 is 0 Å². The van der Waals surface area contributed by atoms with E-state index in [0.717, 1.165) is 12.8 Å². The second-order valence-electron chi connectivity index (χ2n) is 3.86. The lowest BCUT2D eigenvalue weighted by Gasteiger charge is -2.35. The van der Waals surface area contributed by atoms with E-state index < -0.39 is 0 Å². The summed E-state index contributed by atoms with van der Waals surface area (Å²) >= 11 is 0. The van der Waals surface area contributed by atoms with Crippen molar-refractivity contribution < 1.29 is 9.90 Å². The van der Waals surface area contributed by atoms with Crippen LogP contribution in [0, 0.1) is 0 Å². The number of amides is 1. The molecule has 0 rings (SSSR count). The van der Waals surface area contributed by atoms with Gasteiger partial charge in [-0.15, -0.1) is 0 Å². The number of nitrogens with one attached hydrogen (secondary N) is 1. The van der Waals surface area contributed by atoms with Gasteiger partial charge in [0, 0.05) is 12.6 Å². The van der Waals surface area contributed by atoms with E-state index in [0.29, 0.717) is 19.0 Å². The maximum Gasteiger partial charge on any atom is 0.251 e. The van der Waals surface area contributed by atoms with E-state index in [2.05, 4.69) is 19.3 Å². The Balaban J connectivity index is 4.75. The van der Waals surface area contributed by atoms with Gasteiger partial charge < -0.3 is 5.11 Å². The minimum Gasteiger partial charge on any atom is -0.395 e. The van der Waals surface area contributed by atoms with Crippen LogP contribution in [0.5, 0.6) is 0 Å². The molecule has 5 nitrogen and oxygen atoms in total. The highest BCUT2D eigenvalue weighted by Gasteiger charge is 2.27. The van der Waals surface area contributed by atoms with E-state index in [4.69, 9.17) is 10.9 Å². The Morgan fingerprint density at radius 2 is 1.88 bits per heavy atom. The molecule has 0 saturated heterocycles. The Hall–Kier alpha value is -0.650. The van der Waals surface area contributed by atoms with E-state index in [9.17, 15) is 4.79 Å². The molecule has 0 aromatic carbocycles. The third-order valence-corrected chi connectivity index (χ3v) is 3.00. The summed E-state index contributed by atoms with van der Waals surface area (Å²) in [6, 6.07) is 0.0662. The second-order valence-corrected chi connectivity index (χ2v) is 3.86. The van der Waals surface area contributed by atoms with Crippen molar-refractivity contribution in [3.8, 4) is 0 Å². The van der Waals surface area contributed by atoms with Crippen LogP contribution in [0.3, 0.4) is 0 Å². The Bertz CT molecular complexity index is 196. The van der Waals surface area contributed by atoms with Crippen molar-refractivity contribution in [2.45, 2.75) is 52.1 Å². The van der Waals surface area contributed by atoms with Gasteiger partial charge in [0.15, 0.2) is 0 Å². The molecular weight excluding hydrogens is 206 g/mol. The molecule has 0 aromatic rings. The molecule has 0 bridgehead atoms. The Labute approximate surface area is 98.0 Å². The SMILES string of the molecule is CCC(CC)N(CCO)C(CC)C(=O)NN. The zero-order chi connectivity index (χ0) is 12.6. The van der Waals surface area contributed by atoms with Gasteiger partial charge in [0.25, 0.3) is 5.91 Å². The molecule has 16 heavy (non-hydrogen) atoms. The lowest BCUT2D eigenvalue weighted by atomic mass is 10.1. The molecule has 1 atom stereocenters. The van der Waals surface area contributed by atoms with Crippen molar-refractivity contribution in [1.82, 2.24) is 10.3 Å². The maximum absolute atomic E-state index is 11.6. The topological polar surface area (TPSA) is 78.6 Å². The second kappa shape index (κ2) is 8.50. The van der Waals surface area contributed by atoms with Crippen LogP contribution in [0.1, 0.15) is 40.0 Å². The van der Waals surface area contributed by atoms with E-state index in [1.807, 2.05) is 11.8 Å². The predicted octanol–water partition coefficient (Wildman–Crippen LogP) is 0.238. The highest BCUT2D eigenvalue weighted by atomic mass is 16.3. The molecule has 0 spiro atoms. The summed E-state index contributed by atoms with van der Waals surface area (Å²) in [4.78, 5) is 13.7. The fourth-order valence-corrected chi connectivity index (χ4v) is 2.13. The van der Waals surface area contributed by atoms with Crippen LogP contribution in [-0.4, -0.2) is 41.1 Å². The smallest absolute Gasteiger partial charge is 0.251 e. The largest absolute Gasteiger partial charge is 0.395 e. The molecule has 0 heterocycles. The van der Waals surface area contributed by atoms with Gasteiger partial charge >= 0.3 is 0 Å². The summed E-state index contributed by atoms with van der Waals surface area (Å²) in [7, 11) is 0. The van der Waals surface area contributed by atoms with Crippen LogP contribution < -0.4 is 11.3 Å². The number of nitrogens with two attached hydrogens (primary N) is 1. The average molecular weight is 231 g/mol. The summed E-state index contributed by atoms with van der Waals surface area (Å²) in [5, 5.41) is 9.07. The Kier molecular flexibility index (Phi) is 8.15. The summed E-state index contributed by atoms with van der Waals surface area (Å²) in [5.41, 5.74) is 2.20. The maximum atomic E-state index is 11.6. The third-order valence-electron chi connectivity index (χ3n) is 3.00. The molecule has 0 aliphatic rings. The van der Waals surface area contributed by atoms with Crippen LogP contribution in [0.15, 0.2) is 0 Å². The van der Waals surface area contributed by atoms with Crippen molar-refractivity contribution in [3.63, 3.8) is 0 Å². The van der Waals surface area contributed by atoms with Gasteiger partial charge in [-0.1, -0.05) is 20.8 Å². The molecule has 4 N–H and O–H groups in total. The fraction of sp³-hybridized carbons (Fsp3) is 0.909. The van der Waals surface area contributed by atoms with Crippen LogP contribution in [-0.2, 0) is 4.79 Å². The van der Waals surface area contributed by atoms with Gasteiger partial charge in [0.05, 0.1) is 12.6 Å². The normalized spacial score (nSPS) is 13.2. The number of carbonyl (C=O) groups is 1. The van der Waals surface area contributed by atoms with Crippen molar-refractivity contribution >= 4 is 5.91 Å². The van der Waals surface area contributed by atoms with Crippen molar-refractivity contribution in [1.29, 1.82) is 0 Å². The van der Waals surface area contributed by atoms with Crippen LogP contribution in [0.4, 0.5) is 0 Å². The van der Waals surface area contributed by atoms with Gasteiger partial charge in [0.1, 0.15) is 0 Å². The standard InChI is InChI=1S/C11H25N3O2/c1-4-9(5-2)14(7-8-15)10(6-3)11(16)13-12/h9-10,15H,4-8,12H2,1-3H3,(H,13,16). The number of rotatable bonds is 8. The van der Waals surface area contributed by atoms with Crippen molar-refractivity contribution in [2.24, 2.45) is 5.84 Å². The van der Waals surface area contributed by atoms with Crippen LogP contribution in [0.25, 0.3) is 0 Å². The summed E-state index contributed by atoms with van der Waals surface area (Å²) in [6.07, 6.45) is 2.62. The highest BCUT2D eigenvalue weighted by molar-refractivity contribution is 5.81. The van der Waals surface area contributed by atoms with Crippen molar-refractivity contribution in [3.05, 3.63) is 0 Å². The zero-order valence-electron chi connectivity index (χ0n) is 10.6. The quantitative estimate of drug-likeness (QED) is 0.317. The van der Waals surface area contributed by atoms with E-state index in [1.54, 1.807) is 0 Å². The first-order valence-corrected chi connectivity index (χ1v) is 6.03. The van der Waals surface area contributed by atoms with Gasteiger partial charge in [-0.2, -0.15) is 0 Å². The lowest BCUT2D eigenvalue weighted by molar-refractivity contribution is -0.128. The first-order chi connectivity index (χ1) is 7.65. The minimum absolute atomic E-state index is 0.0604. The van der Waals surface area contributed by atoms with Crippen molar-refractivity contribution in [2.75, 3.05) is 13.2 Å².